The molecule has 0 fully saturated rings. The van der Waals surface area contributed by atoms with E-state index in [4.69, 9.17) is 4.74 Å². The van der Waals surface area contributed by atoms with Gasteiger partial charge in [-0.15, -0.1) is 0 Å². The zero-order valence-electron chi connectivity index (χ0n) is 19.8. The molecule has 3 aromatic carbocycles. The topological polar surface area (TPSA) is 125 Å². The Morgan fingerprint density at radius 1 is 0.919 bits per heavy atom. The van der Waals surface area contributed by atoms with Crippen molar-refractivity contribution in [1.29, 1.82) is 0 Å². The number of amides is 2. The lowest BCUT2D eigenvalue weighted by atomic mass is 9.98. The molecule has 1 aliphatic rings. The van der Waals surface area contributed by atoms with Crippen LogP contribution in [0.25, 0.3) is 11.1 Å². The van der Waals surface area contributed by atoms with Crippen LogP contribution in [0.2, 0.25) is 0 Å². The highest BCUT2D eigenvalue weighted by Crippen LogP contribution is 2.44. The van der Waals surface area contributed by atoms with Crippen LogP contribution in [0.3, 0.4) is 0 Å². The normalized spacial score (nSPS) is 11.9. The minimum Gasteiger partial charge on any atom is -0.480 e. The zero-order valence-corrected chi connectivity index (χ0v) is 19.8. The fourth-order valence-corrected chi connectivity index (χ4v) is 4.57. The minimum absolute atomic E-state index is 0.0473. The highest BCUT2D eigenvalue weighted by Gasteiger charge is 2.29. The number of nitrogens with one attached hydrogen (secondary N) is 2. The van der Waals surface area contributed by atoms with Crippen LogP contribution in [0, 0.1) is 0 Å². The van der Waals surface area contributed by atoms with Gasteiger partial charge in [-0.05, 0) is 27.8 Å². The first kappa shape index (κ1) is 23.8. The van der Waals surface area contributed by atoms with Crippen molar-refractivity contribution in [2.45, 2.75) is 12.5 Å². The number of carbonyl (C=O) groups excluding carboxylic acids is 2. The summed E-state index contributed by atoms with van der Waals surface area (Å²) in [5, 5.41) is 18.3. The first-order valence-electron chi connectivity index (χ1n) is 11.7. The van der Waals surface area contributed by atoms with Gasteiger partial charge in [-0.2, -0.15) is 5.10 Å². The van der Waals surface area contributed by atoms with Gasteiger partial charge in [-0.3, -0.25) is 20.0 Å². The molecule has 0 bridgehead atoms. The zero-order chi connectivity index (χ0) is 25.8. The number of anilines is 1. The number of fused-ring (bicyclic) bond motifs is 3. The lowest BCUT2D eigenvalue weighted by Gasteiger charge is -2.19. The summed E-state index contributed by atoms with van der Waals surface area (Å²) in [6, 6.07) is 26.5. The third kappa shape index (κ3) is 5.20. The van der Waals surface area contributed by atoms with E-state index in [1.165, 1.54) is 11.0 Å². The lowest BCUT2D eigenvalue weighted by molar-refractivity contribution is -0.137. The third-order valence-corrected chi connectivity index (χ3v) is 6.21. The number of aromatic amines is 1. The molecule has 4 aromatic rings. The van der Waals surface area contributed by atoms with Gasteiger partial charge < -0.3 is 14.7 Å². The monoisotopic (exact) mass is 496 g/mol. The molecule has 2 amide bonds. The summed E-state index contributed by atoms with van der Waals surface area (Å²) >= 11 is 0. The number of hydrogen-bond acceptors (Lipinski definition) is 5. The van der Waals surface area contributed by atoms with Gasteiger partial charge in [0, 0.05) is 18.5 Å². The van der Waals surface area contributed by atoms with Crippen LogP contribution in [0.1, 0.15) is 33.1 Å². The molecular formula is C28H24N4O5. The Balaban J connectivity index is 1.23. The van der Waals surface area contributed by atoms with Crippen LogP contribution in [0.4, 0.5) is 10.6 Å². The van der Waals surface area contributed by atoms with Gasteiger partial charge in [0.05, 0.1) is 0 Å². The maximum absolute atomic E-state index is 13.0. The summed E-state index contributed by atoms with van der Waals surface area (Å²) in [6.45, 7) is -0.235. The fourth-order valence-electron chi connectivity index (χ4n) is 4.57. The molecule has 1 aliphatic carbocycles. The molecule has 1 aromatic heterocycles. The fraction of sp³-hybridized carbons (Fsp3) is 0.143. The van der Waals surface area contributed by atoms with E-state index >= 15 is 0 Å². The molecule has 0 atom stereocenters. The summed E-state index contributed by atoms with van der Waals surface area (Å²) in [7, 11) is 0. The number of H-pyrrole nitrogens is 1. The Hall–Kier alpha value is -4.92. The molecule has 0 radical (unpaired) electrons. The molecule has 0 saturated carbocycles. The van der Waals surface area contributed by atoms with Crippen LogP contribution < -0.4 is 5.32 Å². The summed E-state index contributed by atoms with van der Waals surface area (Å²) in [5.74, 6) is -1.69. The molecule has 37 heavy (non-hydrogen) atoms. The number of ether oxygens (including phenoxy) is 1. The molecule has 0 spiro atoms. The Labute approximate surface area is 212 Å². The number of benzene rings is 3. The van der Waals surface area contributed by atoms with Gasteiger partial charge in [-0.25, -0.2) is 4.79 Å². The van der Waals surface area contributed by atoms with Crippen molar-refractivity contribution in [3.63, 3.8) is 0 Å². The van der Waals surface area contributed by atoms with Crippen LogP contribution in [0.15, 0.2) is 84.9 Å². The summed E-state index contributed by atoms with van der Waals surface area (Å²) in [6.07, 6.45) is -0.709. The largest absolute Gasteiger partial charge is 0.480 e. The van der Waals surface area contributed by atoms with Gasteiger partial charge in [0.1, 0.15) is 18.8 Å². The van der Waals surface area contributed by atoms with Gasteiger partial charge in [0.15, 0.2) is 5.82 Å². The number of carboxylic acid groups (broad SMARTS) is 1. The third-order valence-electron chi connectivity index (χ3n) is 6.21. The Morgan fingerprint density at radius 2 is 1.54 bits per heavy atom. The molecule has 3 N–H and O–H groups in total. The van der Waals surface area contributed by atoms with E-state index in [9.17, 15) is 19.5 Å². The van der Waals surface area contributed by atoms with Crippen molar-refractivity contribution in [3.8, 4) is 11.1 Å². The summed E-state index contributed by atoms with van der Waals surface area (Å²) in [5.41, 5.74) is 5.29. The standard InChI is InChI=1S/C28H24N4O5/c33-26(34)16-32(15-18-8-2-1-3-9-18)27(35)24-14-25(31-30-24)29-28(36)37-17-23-21-12-6-4-10-19(21)20-11-5-7-13-22(20)23/h1-14,23H,15-17H2,(H,33,34)(H2,29,30,31,36). The van der Waals surface area contributed by atoms with E-state index in [1.807, 2.05) is 54.6 Å². The van der Waals surface area contributed by atoms with Crippen LogP contribution >= 0.6 is 0 Å². The second-order valence-electron chi connectivity index (χ2n) is 8.66. The van der Waals surface area contributed by atoms with Crippen molar-refractivity contribution in [2.24, 2.45) is 0 Å². The van der Waals surface area contributed by atoms with Gasteiger partial charge in [0.2, 0.25) is 0 Å². The average Bonchev–Trinajstić information content (AvgIpc) is 3.49. The van der Waals surface area contributed by atoms with E-state index in [-0.39, 0.29) is 30.6 Å². The number of rotatable bonds is 8. The predicted molar refractivity (Wildman–Crippen MR) is 136 cm³/mol. The quantitative estimate of drug-likeness (QED) is 0.330. The van der Waals surface area contributed by atoms with Gasteiger partial charge >= 0.3 is 12.1 Å². The first-order chi connectivity index (χ1) is 18.0. The number of aromatic nitrogens is 2. The van der Waals surface area contributed by atoms with Crippen molar-refractivity contribution in [1.82, 2.24) is 15.1 Å². The molecule has 0 unspecified atom stereocenters. The van der Waals surface area contributed by atoms with E-state index in [2.05, 4.69) is 27.6 Å². The minimum atomic E-state index is -1.14. The summed E-state index contributed by atoms with van der Waals surface area (Å²) < 4.78 is 5.52. The molecule has 5 rings (SSSR count). The Bertz CT molecular complexity index is 1400. The second kappa shape index (κ2) is 10.4. The lowest BCUT2D eigenvalue weighted by Crippen LogP contribution is -2.35. The molecule has 0 aliphatic heterocycles. The number of aliphatic carboxylic acids is 1. The van der Waals surface area contributed by atoms with Crippen molar-refractivity contribution in [3.05, 3.63) is 107 Å². The van der Waals surface area contributed by atoms with Crippen molar-refractivity contribution >= 4 is 23.8 Å². The maximum atomic E-state index is 13.0. The van der Waals surface area contributed by atoms with E-state index < -0.39 is 24.5 Å². The van der Waals surface area contributed by atoms with Crippen LogP contribution in [-0.4, -0.2) is 51.3 Å². The maximum Gasteiger partial charge on any atom is 0.412 e. The van der Waals surface area contributed by atoms with Crippen LogP contribution in [0.5, 0.6) is 0 Å². The van der Waals surface area contributed by atoms with Gasteiger partial charge in [0.25, 0.3) is 5.91 Å². The molecule has 1 heterocycles. The number of carboxylic acids is 1. The Kier molecular flexibility index (Phi) is 6.67. The van der Waals surface area contributed by atoms with E-state index in [1.54, 1.807) is 12.1 Å². The molecular weight excluding hydrogens is 472 g/mol. The SMILES string of the molecule is O=C(O)CN(Cc1ccccc1)C(=O)c1cc(NC(=O)OCC2c3ccccc3-c3ccccc32)n[nH]1. The molecule has 186 valence electrons. The highest BCUT2D eigenvalue weighted by atomic mass is 16.5. The van der Waals surface area contributed by atoms with Crippen LogP contribution in [-0.2, 0) is 16.1 Å². The molecule has 9 nitrogen and oxygen atoms in total. The van der Waals surface area contributed by atoms with Crippen molar-refractivity contribution in [2.75, 3.05) is 18.5 Å². The van der Waals surface area contributed by atoms with E-state index in [0.717, 1.165) is 27.8 Å². The Morgan fingerprint density at radius 3 is 2.19 bits per heavy atom. The highest BCUT2D eigenvalue weighted by molar-refractivity contribution is 5.95. The molecule has 9 heteroatoms. The van der Waals surface area contributed by atoms with E-state index in [0.29, 0.717) is 0 Å². The van der Waals surface area contributed by atoms with Gasteiger partial charge in [-0.1, -0.05) is 78.9 Å². The number of nitrogens with zero attached hydrogens (tertiary/aromatic N) is 2. The number of hydrogen-bond donors (Lipinski definition) is 3. The molecule has 0 saturated heterocycles. The first-order valence-corrected chi connectivity index (χ1v) is 11.7. The van der Waals surface area contributed by atoms with Crippen molar-refractivity contribution < 1.29 is 24.2 Å². The second-order valence-corrected chi connectivity index (χ2v) is 8.66. The smallest absolute Gasteiger partial charge is 0.412 e. The number of carbonyl (C=O) groups is 3. The summed E-state index contributed by atoms with van der Waals surface area (Å²) in [4.78, 5) is 38.0. The average molecular weight is 497 g/mol. The predicted octanol–water partition coefficient (Wildman–Crippen LogP) is 4.50.